The third-order valence-electron chi connectivity index (χ3n) is 7.78. The average molecular weight is 462 g/mol. The second-order valence-corrected chi connectivity index (χ2v) is 10.5. The van der Waals surface area contributed by atoms with Crippen LogP contribution in [0.1, 0.15) is 62.2 Å². The summed E-state index contributed by atoms with van der Waals surface area (Å²) in [5.41, 5.74) is 6.94. The number of hydrogen-bond donors (Lipinski definition) is 1. The Labute approximate surface area is 203 Å². The van der Waals surface area contributed by atoms with Crippen molar-refractivity contribution < 1.29 is 4.74 Å². The monoisotopic (exact) mass is 461 g/mol. The van der Waals surface area contributed by atoms with E-state index in [9.17, 15) is 0 Å². The van der Waals surface area contributed by atoms with E-state index in [2.05, 4.69) is 72.8 Å². The largest absolute Gasteiger partial charge is 0.380 e. The Bertz CT molecular complexity index is 1120. The molecule has 0 atom stereocenters. The maximum atomic E-state index is 5.53. The van der Waals surface area contributed by atoms with Crippen LogP contribution in [0.25, 0.3) is 11.2 Å². The molecule has 0 amide bonds. The van der Waals surface area contributed by atoms with Gasteiger partial charge in [0.1, 0.15) is 11.3 Å². The van der Waals surface area contributed by atoms with E-state index in [1.165, 1.54) is 42.5 Å². The number of fused-ring (bicyclic) bond motifs is 1. The van der Waals surface area contributed by atoms with Crippen molar-refractivity contribution in [2.45, 2.75) is 77.9 Å². The van der Waals surface area contributed by atoms with Crippen LogP contribution >= 0.6 is 0 Å². The zero-order valence-electron chi connectivity index (χ0n) is 21.2. The highest BCUT2D eigenvalue weighted by Gasteiger charge is 2.33. The van der Waals surface area contributed by atoms with Gasteiger partial charge in [0.15, 0.2) is 5.65 Å². The number of imidazole rings is 1. The number of aryl methyl sites for hydroxylation is 3. The Kier molecular flexibility index (Phi) is 6.63. The summed E-state index contributed by atoms with van der Waals surface area (Å²) < 4.78 is 7.82. The van der Waals surface area contributed by atoms with Gasteiger partial charge in [0.25, 0.3) is 0 Å². The molecule has 0 bridgehead atoms. The smallest absolute Gasteiger partial charge is 0.160 e. The lowest BCUT2D eigenvalue weighted by molar-refractivity contribution is 0.00491. The van der Waals surface area contributed by atoms with E-state index in [1.54, 1.807) is 0 Å². The number of rotatable bonds is 6. The zero-order chi connectivity index (χ0) is 23.7. The molecular weight excluding hydrogens is 422 g/mol. The molecule has 0 unspecified atom stereocenters. The molecule has 1 N–H and O–H groups in total. The minimum absolute atomic E-state index is 0.166. The van der Waals surface area contributed by atoms with Gasteiger partial charge < -0.3 is 14.6 Å². The van der Waals surface area contributed by atoms with Gasteiger partial charge in [-0.2, -0.15) is 0 Å². The van der Waals surface area contributed by atoms with Crippen LogP contribution in [-0.4, -0.2) is 57.3 Å². The van der Waals surface area contributed by atoms with Crippen molar-refractivity contribution in [2.24, 2.45) is 0 Å². The standard InChI is InChI=1S/C28H39N5O/c1-5-25-30-26-20(2)18-21(3)29-27(26)33(25)19-22-6-8-23(9-7-22)31-28(4)12-10-24(11-13-28)32-14-16-34-17-15-32/h6-9,18,24,31H,5,10-17,19H2,1-4H3. The minimum Gasteiger partial charge on any atom is -0.380 e. The summed E-state index contributed by atoms with van der Waals surface area (Å²) in [6.45, 7) is 13.5. The predicted octanol–water partition coefficient (Wildman–Crippen LogP) is 5.10. The lowest BCUT2D eigenvalue weighted by atomic mass is 9.80. The van der Waals surface area contributed by atoms with Gasteiger partial charge in [-0.1, -0.05) is 19.1 Å². The van der Waals surface area contributed by atoms with Crippen molar-refractivity contribution in [2.75, 3.05) is 31.6 Å². The molecule has 2 fully saturated rings. The van der Waals surface area contributed by atoms with Crippen LogP contribution in [0, 0.1) is 13.8 Å². The fourth-order valence-electron chi connectivity index (χ4n) is 5.78. The van der Waals surface area contributed by atoms with E-state index in [4.69, 9.17) is 14.7 Å². The molecule has 0 spiro atoms. The Morgan fingerprint density at radius 3 is 2.44 bits per heavy atom. The van der Waals surface area contributed by atoms with E-state index in [-0.39, 0.29) is 5.54 Å². The molecule has 6 heteroatoms. The van der Waals surface area contributed by atoms with Gasteiger partial charge in [0, 0.05) is 42.5 Å². The molecule has 34 heavy (non-hydrogen) atoms. The number of aromatic nitrogens is 3. The number of hydrogen-bond acceptors (Lipinski definition) is 5. The van der Waals surface area contributed by atoms with Crippen LogP contribution in [0.4, 0.5) is 5.69 Å². The van der Waals surface area contributed by atoms with Crippen LogP contribution in [0.3, 0.4) is 0 Å². The molecule has 3 heterocycles. The molecule has 1 saturated carbocycles. The minimum atomic E-state index is 0.166. The van der Waals surface area contributed by atoms with E-state index in [0.717, 1.165) is 68.0 Å². The molecule has 1 aromatic carbocycles. The highest BCUT2D eigenvalue weighted by molar-refractivity contribution is 5.76. The zero-order valence-corrected chi connectivity index (χ0v) is 21.2. The van der Waals surface area contributed by atoms with Crippen LogP contribution in [0.2, 0.25) is 0 Å². The van der Waals surface area contributed by atoms with E-state index < -0.39 is 0 Å². The summed E-state index contributed by atoms with van der Waals surface area (Å²) in [7, 11) is 0. The molecule has 1 aliphatic carbocycles. The van der Waals surface area contributed by atoms with Gasteiger partial charge in [-0.25, -0.2) is 9.97 Å². The van der Waals surface area contributed by atoms with Crippen molar-refractivity contribution in [3.63, 3.8) is 0 Å². The summed E-state index contributed by atoms with van der Waals surface area (Å²) in [4.78, 5) is 12.4. The van der Waals surface area contributed by atoms with Crippen molar-refractivity contribution in [1.82, 2.24) is 19.4 Å². The first-order valence-corrected chi connectivity index (χ1v) is 13.0. The van der Waals surface area contributed by atoms with Crippen molar-refractivity contribution >= 4 is 16.9 Å². The first-order valence-electron chi connectivity index (χ1n) is 13.0. The summed E-state index contributed by atoms with van der Waals surface area (Å²) in [6.07, 6.45) is 5.85. The molecule has 1 aliphatic heterocycles. The summed E-state index contributed by atoms with van der Waals surface area (Å²) in [6, 6.07) is 11.8. The first-order chi connectivity index (χ1) is 16.4. The fraction of sp³-hybridized carbons (Fsp3) is 0.571. The van der Waals surface area contributed by atoms with Gasteiger partial charge in [-0.3, -0.25) is 4.90 Å². The summed E-state index contributed by atoms with van der Waals surface area (Å²) in [5.74, 6) is 1.10. The first kappa shape index (κ1) is 23.3. The second-order valence-electron chi connectivity index (χ2n) is 10.5. The van der Waals surface area contributed by atoms with Gasteiger partial charge in [-0.05, 0) is 75.8 Å². The predicted molar refractivity (Wildman–Crippen MR) is 139 cm³/mol. The second kappa shape index (κ2) is 9.67. The molecule has 0 radical (unpaired) electrons. The molecule has 6 nitrogen and oxygen atoms in total. The lowest BCUT2D eigenvalue weighted by Gasteiger charge is -2.43. The highest BCUT2D eigenvalue weighted by Crippen LogP contribution is 2.34. The van der Waals surface area contributed by atoms with E-state index in [0.29, 0.717) is 0 Å². The third-order valence-corrected chi connectivity index (χ3v) is 7.78. The van der Waals surface area contributed by atoms with Gasteiger partial charge in [0.2, 0.25) is 0 Å². The Morgan fingerprint density at radius 2 is 1.76 bits per heavy atom. The molecular formula is C28H39N5O. The van der Waals surface area contributed by atoms with Crippen LogP contribution in [0.5, 0.6) is 0 Å². The van der Waals surface area contributed by atoms with Gasteiger partial charge in [0.05, 0.1) is 19.8 Å². The Hall–Kier alpha value is -2.44. The number of benzene rings is 1. The van der Waals surface area contributed by atoms with Crippen molar-refractivity contribution in [3.05, 3.63) is 53.0 Å². The number of morpholine rings is 1. The Balaban J connectivity index is 1.25. The molecule has 2 aromatic heterocycles. The average Bonchev–Trinajstić information content (AvgIpc) is 3.19. The van der Waals surface area contributed by atoms with E-state index >= 15 is 0 Å². The van der Waals surface area contributed by atoms with Crippen LogP contribution in [-0.2, 0) is 17.7 Å². The number of ether oxygens (including phenoxy) is 1. The number of anilines is 1. The summed E-state index contributed by atoms with van der Waals surface area (Å²) in [5, 5.41) is 3.86. The van der Waals surface area contributed by atoms with Gasteiger partial charge in [-0.15, -0.1) is 0 Å². The topological polar surface area (TPSA) is 55.2 Å². The maximum absolute atomic E-state index is 5.53. The number of nitrogens with one attached hydrogen (secondary N) is 1. The molecule has 182 valence electrons. The quantitative estimate of drug-likeness (QED) is 0.553. The normalized spacial score (nSPS) is 23.9. The van der Waals surface area contributed by atoms with Crippen molar-refractivity contribution in [1.29, 1.82) is 0 Å². The number of pyridine rings is 1. The molecule has 5 rings (SSSR count). The van der Waals surface area contributed by atoms with Crippen LogP contribution < -0.4 is 5.32 Å². The van der Waals surface area contributed by atoms with Crippen LogP contribution in [0.15, 0.2) is 30.3 Å². The Morgan fingerprint density at radius 1 is 1.06 bits per heavy atom. The lowest BCUT2D eigenvalue weighted by Crippen LogP contribution is -2.49. The number of nitrogens with zero attached hydrogens (tertiary/aromatic N) is 4. The molecule has 2 aliphatic rings. The summed E-state index contributed by atoms with van der Waals surface area (Å²) >= 11 is 0. The maximum Gasteiger partial charge on any atom is 0.160 e. The van der Waals surface area contributed by atoms with E-state index in [1.807, 2.05) is 0 Å². The van der Waals surface area contributed by atoms with Crippen molar-refractivity contribution in [3.8, 4) is 0 Å². The SMILES string of the molecule is CCc1nc2c(C)cc(C)nc2n1Cc1ccc(NC2(C)CCC(N3CCOCC3)CC2)cc1. The van der Waals surface area contributed by atoms with Gasteiger partial charge >= 0.3 is 0 Å². The molecule has 3 aromatic rings. The molecule has 1 saturated heterocycles. The highest BCUT2D eigenvalue weighted by atomic mass is 16.5. The fourth-order valence-corrected chi connectivity index (χ4v) is 5.78. The third kappa shape index (κ3) is 4.84.